The molecule has 2 heterocycles. The molecule has 0 spiro atoms. The molecule has 0 saturated carbocycles. The lowest BCUT2D eigenvalue weighted by atomic mass is 9.93. The molecule has 20 heavy (non-hydrogen) atoms. The van der Waals surface area contributed by atoms with Gasteiger partial charge in [-0.2, -0.15) is 0 Å². The second-order valence-electron chi connectivity index (χ2n) is 5.56. The van der Waals surface area contributed by atoms with Crippen molar-refractivity contribution < 1.29 is 4.79 Å². The van der Waals surface area contributed by atoms with Gasteiger partial charge >= 0.3 is 0 Å². The molecule has 1 atom stereocenters. The van der Waals surface area contributed by atoms with Crippen molar-refractivity contribution in [3.8, 4) is 0 Å². The van der Waals surface area contributed by atoms with Gasteiger partial charge in [0, 0.05) is 25.6 Å². The summed E-state index contributed by atoms with van der Waals surface area (Å²) >= 11 is 0. The lowest BCUT2D eigenvalue weighted by Gasteiger charge is -2.33. The van der Waals surface area contributed by atoms with Gasteiger partial charge in [-0.05, 0) is 37.3 Å². The molecule has 1 aromatic rings. The smallest absolute Gasteiger partial charge is 0.217 e. The van der Waals surface area contributed by atoms with E-state index in [1.165, 1.54) is 0 Å². The summed E-state index contributed by atoms with van der Waals surface area (Å²) in [6.45, 7) is 3.97. The van der Waals surface area contributed by atoms with E-state index in [4.69, 9.17) is 11.5 Å². The highest BCUT2D eigenvalue weighted by molar-refractivity contribution is 5.74. The van der Waals surface area contributed by atoms with Gasteiger partial charge in [-0.3, -0.25) is 9.78 Å². The Hall–Kier alpha value is -1.62. The molecule has 0 aromatic carbocycles. The van der Waals surface area contributed by atoms with Gasteiger partial charge in [-0.15, -0.1) is 0 Å². The fourth-order valence-electron chi connectivity index (χ4n) is 2.69. The number of carbonyl (C=O) groups is 1. The predicted molar refractivity (Wildman–Crippen MR) is 80.2 cm³/mol. The molecule has 1 fully saturated rings. The molecule has 4 N–H and O–H groups in total. The SMILES string of the molecule is CC[C@@H](N)c1ccc(N2CCC(CC(N)=O)CC2)cn1. The first-order valence-corrected chi connectivity index (χ1v) is 7.35. The number of anilines is 1. The van der Waals surface area contributed by atoms with Crippen molar-refractivity contribution in [2.75, 3.05) is 18.0 Å². The van der Waals surface area contributed by atoms with Crippen LogP contribution in [0.15, 0.2) is 18.3 Å². The first-order chi connectivity index (χ1) is 9.60. The Kier molecular flexibility index (Phi) is 4.95. The first kappa shape index (κ1) is 14.8. The van der Waals surface area contributed by atoms with Crippen LogP contribution < -0.4 is 16.4 Å². The normalized spacial score (nSPS) is 18.0. The highest BCUT2D eigenvalue weighted by atomic mass is 16.1. The molecule has 0 aliphatic carbocycles. The minimum atomic E-state index is -0.192. The van der Waals surface area contributed by atoms with Crippen LogP contribution in [0.3, 0.4) is 0 Å². The van der Waals surface area contributed by atoms with Crippen LogP contribution in [0.1, 0.15) is 44.3 Å². The molecule has 1 aromatic heterocycles. The molecule has 0 unspecified atom stereocenters. The Morgan fingerprint density at radius 2 is 2.15 bits per heavy atom. The van der Waals surface area contributed by atoms with Crippen LogP contribution in [0.2, 0.25) is 0 Å². The van der Waals surface area contributed by atoms with Crippen LogP contribution in [-0.2, 0) is 4.79 Å². The summed E-state index contributed by atoms with van der Waals surface area (Å²) in [6, 6.07) is 4.12. The summed E-state index contributed by atoms with van der Waals surface area (Å²) in [7, 11) is 0. The van der Waals surface area contributed by atoms with Crippen molar-refractivity contribution in [1.29, 1.82) is 0 Å². The lowest BCUT2D eigenvalue weighted by Crippen LogP contribution is -2.35. The van der Waals surface area contributed by atoms with Gasteiger partial charge < -0.3 is 16.4 Å². The Morgan fingerprint density at radius 3 is 2.65 bits per heavy atom. The highest BCUT2D eigenvalue weighted by Gasteiger charge is 2.21. The second kappa shape index (κ2) is 6.70. The zero-order valence-electron chi connectivity index (χ0n) is 12.1. The van der Waals surface area contributed by atoms with E-state index in [0.29, 0.717) is 12.3 Å². The molecule has 1 aliphatic heterocycles. The number of aromatic nitrogens is 1. The predicted octanol–water partition coefficient (Wildman–Crippen LogP) is 1.58. The van der Waals surface area contributed by atoms with E-state index in [2.05, 4.69) is 22.9 Å². The fourth-order valence-corrected chi connectivity index (χ4v) is 2.69. The second-order valence-corrected chi connectivity index (χ2v) is 5.56. The quantitative estimate of drug-likeness (QED) is 0.855. The van der Waals surface area contributed by atoms with Gasteiger partial charge in [-0.1, -0.05) is 6.92 Å². The van der Waals surface area contributed by atoms with Crippen LogP contribution in [0.25, 0.3) is 0 Å². The molecule has 2 rings (SSSR count). The molecule has 1 aliphatic rings. The van der Waals surface area contributed by atoms with E-state index in [9.17, 15) is 4.79 Å². The number of piperidine rings is 1. The maximum atomic E-state index is 10.9. The zero-order chi connectivity index (χ0) is 14.5. The summed E-state index contributed by atoms with van der Waals surface area (Å²) in [6.07, 6.45) is 5.33. The number of primary amides is 1. The summed E-state index contributed by atoms with van der Waals surface area (Å²) in [5.41, 5.74) is 13.3. The van der Waals surface area contributed by atoms with Gasteiger partial charge in [0.15, 0.2) is 0 Å². The molecular weight excluding hydrogens is 252 g/mol. The average molecular weight is 276 g/mol. The fraction of sp³-hybridized carbons (Fsp3) is 0.600. The number of carbonyl (C=O) groups excluding carboxylic acids is 1. The van der Waals surface area contributed by atoms with Crippen molar-refractivity contribution >= 4 is 11.6 Å². The number of nitrogens with two attached hydrogens (primary N) is 2. The van der Waals surface area contributed by atoms with Crippen molar-refractivity contribution in [1.82, 2.24) is 4.98 Å². The minimum Gasteiger partial charge on any atom is -0.370 e. The van der Waals surface area contributed by atoms with Crippen LogP contribution >= 0.6 is 0 Å². The van der Waals surface area contributed by atoms with Gasteiger partial charge in [0.25, 0.3) is 0 Å². The Morgan fingerprint density at radius 1 is 1.45 bits per heavy atom. The summed E-state index contributed by atoms with van der Waals surface area (Å²) in [5.74, 6) is 0.243. The van der Waals surface area contributed by atoms with E-state index >= 15 is 0 Å². The monoisotopic (exact) mass is 276 g/mol. The Labute approximate surface area is 120 Å². The van der Waals surface area contributed by atoms with Gasteiger partial charge in [0.2, 0.25) is 5.91 Å². The standard InChI is InChI=1S/C15H24N4O/c1-2-13(16)14-4-3-12(10-18-14)19-7-5-11(6-8-19)9-15(17)20/h3-4,10-11,13H,2,5-9,16H2,1H3,(H2,17,20)/t13-/m1/s1. The third kappa shape index (κ3) is 3.70. The highest BCUT2D eigenvalue weighted by Crippen LogP contribution is 2.25. The third-order valence-electron chi connectivity index (χ3n) is 4.06. The topological polar surface area (TPSA) is 85.2 Å². The molecular formula is C15H24N4O. The van der Waals surface area contributed by atoms with E-state index in [-0.39, 0.29) is 11.9 Å². The van der Waals surface area contributed by atoms with Crippen molar-refractivity contribution in [2.45, 2.75) is 38.6 Å². The van der Waals surface area contributed by atoms with Gasteiger partial charge in [0.05, 0.1) is 17.6 Å². The molecule has 1 saturated heterocycles. The zero-order valence-corrected chi connectivity index (χ0v) is 12.1. The van der Waals surface area contributed by atoms with Crippen LogP contribution in [0.4, 0.5) is 5.69 Å². The maximum Gasteiger partial charge on any atom is 0.217 e. The largest absolute Gasteiger partial charge is 0.370 e. The van der Waals surface area contributed by atoms with Crippen LogP contribution in [0, 0.1) is 5.92 Å². The van der Waals surface area contributed by atoms with Crippen molar-refractivity contribution in [3.63, 3.8) is 0 Å². The van der Waals surface area contributed by atoms with E-state index in [1.807, 2.05) is 12.3 Å². The molecule has 5 heteroatoms. The third-order valence-corrected chi connectivity index (χ3v) is 4.06. The maximum absolute atomic E-state index is 10.9. The number of hydrogen-bond acceptors (Lipinski definition) is 4. The van der Waals surface area contributed by atoms with Crippen molar-refractivity contribution in [2.24, 2.45) is 17.4 Å². The lowest BCUT2D eigenvalue weighted by molar-refractivity contribution is -0.119. The van der Waals surface area contributed by atoms with Gasteiger partial charge in [0.1, 0.15) is 0 Å². The molecule has 5 nitrogen and oxygen atoms in total. The number of pyridine rings is 1. The first-order valence-electron chi connectivity index (χ1n) is 7.35. The van der Waals surface area contributed by atoms with Crippen molar-refractivity contribution in [3.05, 3.63) is 24.0 Å². The number of amides is 1. The number of rotatable bonds is 5. The van der Waals surface area contributed by atoms with E-state index < -0.39 is 0 Å². The molecule has 0 bridgehead atoms. The van der Waals surface area contributed by atoms with Gasteiger partial charge in [-0.25, -0.2) is 0 Å². The minimum absolute atomic E-state index is 0.0188. The molecule has 0 radical (unpaired) electrons. The molecule has 110 valence electrons. The summed E-state index contributed by atoms with van der Waals surface area (Å²) in [5, 5.41) is 0. The Bertz CT molecular complexity index is 438. The van der Waals surface area contributed by atoms with E-state index in [1.54, 1.807) is 0 Å². The molecule has 1 amide bonds. The average Bonchev–Trinajstić information content (AvgIpc) is 2.47. The van der Waals surface area contributed by atoms with Crippen LogP contribution in [0.5, 0.6) is 0 Å². The number of nitrogens with zero attached hydrogens (tertiary/aromatic N) is 2. The van der Waals surface area contributed by atoms with Crippen LogP contribution in [-0.4, -0.2) is 24.0 Å². The number of hydrogen-bond donors (Lipinski definition) is 2. The Balaban J connectivity index is 1.92. The summed E-state index contributed by atoms with van der Waals surface area (Å²) in [4.78, 5) is 17.7. The summed E-state index contributed by atoms with van der Waals surface area (Å²) < 4.78 is 0. The van der Waals surface area contributed by atoms with E-state index in [0.717, 1.165) is 43.7 Å².